The molecule has 3 aromatic rings. The van der Waals surface area contributed by atoms with Crippen molar-refractivity contribution in [3.63, 3.8) is 0 Å². The summed E-state index contributed by atoms with van der Waals surface area (Å²) in [4.78, 5) is 4.15. The van der Waals surface area contributed by atoms with Crippen LogP contribution in [0.1, 0.15) is 5.89 Å². The van der Waals surface area contributed by atoms with Gasteiger partial charge in [-0.3, -0.25) is 0 Å². The predicted molar refractivity (Wildman–Crippen MR) is 58.6 cm³/mol. The lowest BCUT2D eigenvalue weighted by Gasteiger charge is -1.92. The number of hydrogen-bond acceptors (Lipinski definition) is 7. The third kappa shape index (κ3) is 1.46. The number of nitrogens with zero attached hydrogens (tertiary/aromatic N) is 4. The molecule has 2 aromatic heterocycles. The van der Waals surface area contributed by atoms with Crippen LogP contribution in [0, 0.1) is 0 Å². The first-order chi connectivity index (χ1) is 7.86. The SMILES string of the molecule is NCc1nc(-c2ccc3nnsc3c2)no1. The number of benzene rings is 1. The molecule has 0 amide bonds. The molecule has 0 fully saturated rings. The third-order valence-corrected chi connectivity index (χ3v) is 2.84. The molecule has 7 heteroatoms. The Kier molecular flexibility index (Phi) is 2.12. The second-order valence-electron chi connectivity index (χ2n) is 3.17. The number of aromatic nitrogens is 4. The van der Waals surface area contributed by atoms with Gasteiger partial charge in [-0.05, 0) is 29.7 Å². The van der Waals surface area contributed by atoms with Gasteiger partial charge in [0.25, 0.3) is 0 Å². The molecular weight excluding hydrogens is 226 g/mol. The van der Waals surface area contributed by atoms with Gasteiger partial charge in [-0.1, -0.05) is 9.64 Å². The van der Waals surface area contributed by atoms with E-state index in [1.807, 2.05) is 18.2 Å². The van der Waals surface area contributed by atoms with Gasteiger partial charge in [0.1, 0.15) is 5.52 Å². The highest BCUT2D eigenvalue weighted by Gasteiger charge is 2.08. The van der Waals surface area contributed by atoms with Crippen molar-refractivity contribution in [2.45, 2.75) is 6.54 Å². The molecule has 2 N–H and O–H groups in total. The minimum Gasteiger partial charge on any atom is -0.338 e. The third-order valence-electron chi connectivity index (χ3n) is 2.15. The lowest BCUT2D eigenvalue weighted by atomic mass is 10.2. The maximum Gasteiger partial charge on any atom is 0.240 e. The summed E-state index contributed by atoms with van der Waals surface area (Å²) < 4.78 is 9.81. The zero-order chi connectivity index (χ0) is 11.0. The first-order valence-corrected chi connectivity index (χ1v) is 5.39. The van der Waals surface area contributed by atoms with Crippen LogP contribution in [0.3, 0.4) is 0 Å². The number of hydrogen-bond donors (Lipinski definition) is 1. The highest BCUT2D eigenvalue weighted by Crippen LogP contribution is 2.23. The molecule has 6 nitrogen and oxygen atoms in total. The molecule has 0 aliphatic heterocycles. The average molecular weight is 233 g/mol. The van der Waals surface area contributed by atoms with Crippen molar-refractivity contribution in [1.82, 2.24) is 19.7 Å². The molecule has 0 saturated heterocycles. The molecule has 1 aromatic carbocycles. The Bertz CT molecular complexity index is 631. The monoisotopic (exact) mass is 233 g/mol. The van der Waals surface area contributed by atoms with Crippen LogP contribution in [0.2, 0.25) is 0 Å². The van der Waals surface area contributed by atoms with Crippen LogP contribution in [0.5, 0.6) is 0 Å². The zero-order valence-corrected chi connectivity index (χ0v) is 8.94. The molecule has 0 unspecified atom stereocenters. The number of rotatable bonds is 2. The van der Waals surface area contributed by atoms with E-state index in [0.717, 1.165) is 15.8 Å². The number of fused-ring (bicyclic) bond motifs is 1. The Morgan fingerprint density at radius 3 is 3.12 bits per heavy atom. The Morgan fingerprint density at radius 1 is 1.38 bits per heavy atom. The van der Waals surface area contributed by atoms with Crippen molar-refractivity contribution in [2.75, 3.05) is 0 Å². The van der Waals surface area contributed by atoms with E-state index >= 15 is 0 Å². The summed E-state index contributed by atoms with van der Waals surface area (Å²) in [5.41, 5.74) is 7.15. The van der Waals surface area contributed by atoms with Crippen LogP contribution in [0.25, 0.3) is 21.6 Å². The fourth-order valence-corrected chi connectivity index (χ4v) is 1.97. The zero-order valence-electron chi connectivity index (χ0n) is 8.12. The lowest BCUT2D eigenvalue weighted by Crippen LogP contribution is -1.95. The molecule has 16 heavy (non-hydrogen) atoms. The van der Waals surface area contributed by atoms with E-state index in [-0.39, 0.29) is 6.54 Å². The molecule has 0 spiro atoms. The maximum atomic E-state index is 5.40. The normalized spacial score (nSPS) is 11.1. The van der Waals surface area contributed by atoms with Gasteiger partial charge in [-0.2, -0.15) is 4.98 Å². The molecule has 0 saturated carbocycles. The summed E-state index contributed by atoms with van der Waals surface area (Å²) in [6, 6.07) is 5.70. The van der Waals surface area contributed by atoms with Crippen molar-refractivity contribution >= 4 is 21.7 Å². The molecule has 0 bridgehead atoms. The summed E-state index contributed by atoms with van der Waals surface area (Å²) in [5.74, 6) is 0.966. The van der Waals surface area contributed by atoms with Gasteiger partial charge < -0.3 is 10.3 Å². The Morgan fingerprint density at radius 2 is 2.31 bits per heavy atom. The molecule has 0 aliphatic carbocycles. The molecule has 80 valence electrons. The highest BCUT2D eigenvalue weighted by atomic mass is 32.1. The van der Waals surface area contributed by atoms with Gasteiger partial charge in [0.05, 0.1) is 11.2 Å². The highest BCUT2D eigenvalue weighted by molar-refractivity contribution is 7.12. The van der Waals surface area contributed by atoms with Crippen LogP contribution >= 0.6 is 11.5 Å². The van der Waals surface area contributed by atoms with Crippen LogP contribution in [-0.2, 0) is 6.54 Å². The Hall–Kier alpha value is -1.86. The van der Waals surface area contributed by atoms with E-state index in [4.69, 9.17) is 10.3 Å². The molecule has 0 atom stereocenters. The van der Waals surface area contributed by atoms with E-state index in [1.54, 1.807) is 0 Å². The summed E-state index contributed by atoms with van der Waals surface area (Å²) in [6.45, 7) is 0.247. The minimum atomic E-state index is 0.247. The van der Waals surface area contributed by atoms with Crippen LogP contribution in [0.4, 0.5) is 0 Å². The summed E-state index contributed by atoms with van der Waals surface area (Å²) in [7, 11) is 0. The second-order valence-corrected chi connectivity index (χ2v) is 3.96. The van der Waals surface area contributed by atoms with Crippen LogP contribution in [0.15, 0.2) is 22.7 Å². The summed E-state index contributed by atoms with van der Waals surface area (Å²) >= 11 is 1.34. The summed E-state index contributed by atoms with van der Waals surface area (Å²) in [5, 5.41) is 7.81. The Balaban J connectivity index is 2.10. The molecule has 0 radical (unpaired) electrons. The molecule has 0 aliphatic rings. The van der Waals surface area contributed by atoms with Gasteiger partial charge in [-0.15, -0.1) is 5.10 Å². The molecule has 3 rings (SSSR count). The van der Waals surface area contributed by atoms with E-state index in [2.05, 4.69) is 19.7 Å². The standard InChI is InChI=1S/C9H7N5OS/c10-4-8-11-9(13-15-8)5-1-2-6-7(3-5)16-14-12-6/h1-3H,4,10H2. The topological polar surface area (TPSA) is 90.7 Å². The van der Waals surface area contributed by atoms with E-state index in [9.17, 15) is 0 Å². The van der Waals surface area contributed by atoms with Crippen molar-refractivity contribution in [2.24, 2.45) is 5.73 Å². The first-order valence-electron chi connectivity index (χ1n) is 4.62. The van der Waals surface area contributed by atoms with Gasteiger partial charge >= 0.3 is 0 Å². The quantitative estimate of drug-likeness (QED) is 0.715. The second kappa shape index (κ2) is 3.62. The van der Waals surface area contributed by atoms with Gasteiger partial charge in [0.2, 0.25) is 11.7 Å². The van der Waals surface area contributed by atoms with Crippen molar-refractivity contribution in [3.8, 4) is 11.4 Å². The lowest BCUT2D eigenvalue weighted by molar-refractivity contribution is 0.380. The van der Waals surface area contributed by atoms with Crippen LogP contribution in [-0.4, -0.2) is 19.7 Å². The van der Waals surface area contributed by atoms with Crippen molar-refractivity contribution < 1.29 is 4.52 Å². The maximum absolute atomic E-state index is 5.40. The van der Waals surface area contributed by atoms with E-state index in [0.29, 0.717) is 11.7 Å². The van der Waals surface area contributed by atoms with Crippen molar-refractivity contribution in [1.29, 1.82) is 0 Å². The van der Waals surface area contributed by atoms with E-state index in [1.165, 1.54) is 11.5 Å². The first kappa shape index (κ1) is 9.37. The van der Waals surface area contributed by atoms with Crippen molar-refractivity contribution in [3.05, 3.63) is 24.1 Å². The van der Waals surface area contributed by atoms with Gasteiger partial charge in [0, 0.05) is 5.56 Å². The van der Waals surface area contributed by atoms with Gasteiger partial charge in [-0.25, -0.2) is 0 Å². The molecule has 2 heterocycles. The fourth-order valence-electron chi connectivity index (χ4n) is 1.37. The van der Waals surface area contributed by atoms with Gasteiger partial charge in [0.15, 0.2) is 0 Å². The van der Waals surface area contributed by atoms with E-state index < -0.39 is 0 Å². The van der Waals surface area contributed by atoms with Crippen LogP contribution < -0.4 is 5.73 Å². The smallest absolute Gasteiger partial charge is 0.240 e. The number of nitrogens with two attached hydrogens (primary N) is 1. The largest absolute Gasteiger partial charge is 0.338 e. The fraction of sp³-hybridized carbons (Fsp3) is 0.111. The minimum absolute atomic E-state index is 0.247. The Labute approximate surface area is 94.2 Å². The molecular formula is C9H7N5OS. The predicted octanol–water partition coefficient (Wildman–Crippen LogP) is 1.20. The summed E-state index contributed by atoms with van der Waals surface area (Å²) in [6.07, 6.45) is 0. The average Bonchev–Trinajstić information content (AvgIpc) is 2.96.